The number of nitrogens with one attached hydrogen (secondary N) is 2. The Kier molecular flexibility index (Phi) is 4.80. The minimum Gasteiger partial charge on any atom is -0.350 e. The summed E-state index contributed by atoms with van der Waals surface area (Å²) in [5.41, 5.74) is 0.0646. The molecule has 2 rings (SSSR count). The molecular formula is C16H21N3O3. The molecule has 1 aromatic rings. The Morgan fingerprint density at radius 2 is 1.95 bits per heavy atom. The van der Waals surface area contributed by atoms with Gasteiger partial charge in [-0.1, -0.05) is 43.7 Å². The monoisotopic (exact) mass is 303 g/mol. The zero-order chi connectivity index (χ0) is 16.2. The lowest BCUT2D eigenvalue weighted by Crippen LogP contribution is -2.45. The number of rotatable bonds is 6. The first-order valence-electron chi connectivity index (χ1n) is 7.41. The summed E-state index contributed by atoms with van der Waals surface area (Å²) in [5, 5.41) is 5.38. The Morgan fingerprint density at radius 1 is 1.27 bits per heavy atom. The van der Waals surface area contributed by atoms with E-state index in [2.05, 4.69) is 10.6 Å². The lowest BCUT2D eigenvalue weighted by molar-refractivity contribution is -0.134. The van der Waals surface area contributed by atoms with Crippen molar-refractivity contribution < 1.29 is 14.4 Å². The minimum atomic E-state index is -0.897. The van der Waals surface area contributed by atoms with Crippen LogP contribution >= 0.6 is 0 Å². The molecule has 1 aromatic carbocycles. The van der Waals surface area contributed by atoms with Crippen molar-refractivity contribution in [2.24, 2.45) is 0 Å². The van der Waals surface area contributed by atoms with E-state index in [1.807, 2.05) is 37.3 Å². The van der Waals surface area contributed by atoms with E-state index in [0.717, 1.165) is 16.9 Å². The van der Waals surface area contributed by atoms with E-state index in [4.69, 9.17) is 0 Å². The molecule has 0 aliphatic carbocycles. The van der Waals surface area contributed by atoms with Crippen LogP contribution in [0, 0.1) is 0 Å². The Balaban J connectivity index is 1.91. The molecule has 1 fully saturated rings. The minimum absolute atomic E-state index is 0.253. The van der Waals surface area contributed by atoms with Gasteiger partial charge in [-0.25, -0.2) is 4.79 Å². The first-order chi connectivity index (χ1) is 10.5. The molecule has 2 N–H and O–H groups in total. The van der Waals surface area contributed by atoms with Gasteiger partial charge in [0.25, 0.3) is 5.91 Å². The molecule has 0 radical (unpaired) electrons. The number of amides is 4. The summed E-state index contributed by atoms with van der Waals surface area (Å²) in [7, 11) is 0. The van der Waals surface area contributed by atoms with Crippen LogP contribution in [0.1, 0.15) is 32.3 Å². The average Bonchev–Trinajstić information content (AvgIpc) is 2.70. The summed E-state index contributed by atoms with van der Waals surface area (Å²) in [6, 6.07) is 8.95. The normalized spacial score (nSPS) is 20.9. The highest BCUT2D eigenvalue weighted by Gasteiger charge is 2.47. The van der Waals surface area contributed by atoms with Crippen LogP contribution in [-0.2, 0) is 16.1 Å². The maximum absolute atomic E-state index is 12.3. The Morgan fingerprint density at radius 3 is 2.59 bits per heavy atom. The Bertz CT molecular complexity index is 573. The molecule has 0 bridgehead atoms. The van der Waals surface area contributed by atoms with Crippen molar-refractivity contribution in [3.63, 3.8) is 0 Å². The third-order valence-electron chi connectivity index (χ3n) is 3.73. The maximum atomic E-state index is 12.3. The highest BCUT2D eigenvalue weighted by molar-refractivity contribution is 6.08. The maximum Gasteiger partial charge on any atom is 0.325 e. The zero-order valence-corrected chi connectivity index (χ0v) is 12.9. The van der Waals surface area contributed by atoms with Gasteiger partial charge in [0.2, 0.25) is 5.91 Å². The van der Waals surface area contributed by atoms with Gasteiger partial charge in [0.1, 0.15) is 12.1 Å². The molecule has 118 valence electrons. The third-order valence-corrected chi connectivity index (χ3v) is 3.73. The second-order valence-corrected chi connectivity index (χ2v) is 5.67. The molecule has 4 amide bonds. The molecular weight excluding hydrogens is 282 g/mol. The molecule has 0 spiro atoms. The summed E-state index contributed by atoms with van der Waals surface area (Å²) in [6.07, 6.45) is 1.33. The second-order valence-electron chi connectivity index (χ2n) is 5.67. The van der Waals surface area contributed by atoms with E-state index in [1.165, 1.54) is 0 Å². The number of hydrogen-bond donors (Lipinski definition) is 2. The summed E-state index contributed by atoms with van der Waals surface area (Å²) in [5.74, 6) is -0.692. The van der Waals surface area contributed by atoms with Gasteiger partial charge < -0.3 is 10.6 Å². The molecule has 1 aliphatic rings. The molecule has 1 saturated heterocycles. The van der Waals surface area contributed by atoms with Gasteiger partial charge >= 0.3 is 6.03 Å². The van der Waals surface area contributed by atoms with Gasteiger partial charge in [-0.05, 0) is 18.9 Å². The van der Waals surface area contributed by atoms with Gasteiger partial charge in [-0.3, -0.25) is 14.5 Å². The fourth-order valence-electron chi connectivity index (χ4n) is 2.56. The average molecular weight is 303 g/mol. The summed E-state index contributed by atoms with van der Waals surface area (Å²) in [6.45, 7) is 3.75. The van der Waals surface area contributed by atoms with E-state index >= 15 is 0 Å². The van der Waals surface area contributed by atoms with Crippen LogP contribution in [0.4, 0.5) is 4.79 Å². The molecule has 22 heavy (non-hydrogen) atoms. The highest BCUT2D eigenvalue weighted by Crippen LogP contribution is 2.22. The number of benzene rings is 1. The van der Waals surface area contributed by atoms with E-state index in [-0.39, 0.29) is 18.4 Å². The molecule has 1 atom stereocenters. The molecule has 0 saturated carbocycles. The van der Waals surface area contributed by atoms with Crippen molar-refractivity contribution in [1.29, 1.82) is 0 Å². The Hall–Kier alpha value is -2.37. The van der Waals surface area contributed by atoms with Crippen molar-refractivity contribution in [3.8, 4) is 0 Å². The van der Waals surface area contributed by atoms with Crippen molar-refractivity contribution in [1.82, 2.24) is 15.5 Å². The zero-order valence-electron chi connectivity index (χ0n) is 12.9. The molecule has 6 nitrogen and oxygen atoms in total. The van der Waals surface area contributed by atoms with Crippen LogP contribution in [0.2, 0.25) is 0 Å². The largest absolute Gasteiger partial charge is 0.350 e. The van der Waals surface area contributed by atoms with Crippen molar-refractivity contribution in [2.45, 2.75) is 38.8 Å². The van der Waals surface area contributed by atoms with E-state index in [9.17, 15) is 14.4 Å². The first-order valence-corrected chi connectivity index (χ1v) is 7.41. The van der Waals surface area contributed by atoms with Gasteiger partial charge in [-0.15, -0.1) is 0 Å². The molecule has 6 heteroatoms. The number of carbonyl (C=O) groups excluding carboxylic acids is 3. The predicted molar refractivity (Wildman–Crippen MR) is 81.8 cm³/mol. The van der Waals surface area contributed by atoms with Gasteiger partial charge in [0, 0.05) is 6.54 Å². The predicted octanol–water partition coefficient (Wildman–Crippen LogP) is 1.41. The van der Waals surface area contributed by atoms with E-state index in [1.54, 1.807) is 6.92 Å². The molecule has 0 aromatic heterocycles. The number of imide groups is 1. The summed E-state index contributed by atoms with van der Waals surface area (Å²) >= 11 is 0. The van der Waals surface area contributed by atoms with E-state index in [0.29, 0.717) is 13.0 Å². The SMILES string of the molecule is CCCC1(C)NC(=O)N(CC(=O)NCc2ccccc2)C1=O. The third kappa shape index (κ3) is 3.44. The first kappa shape index (κ1) is 16.0. The molecule has 1 unspecified atom stereocenters. The van der Waals surface area contributed by atoms with Gasteiger partial charge in [-0.2, -0.15) is 0 Å². The van der Waals surface area contributed by atoms with Crippen LogP contribution in [0.15, 0.2) is 30.3 Å². The van der Waals surface area contributed by atoms with Gasteiger partial charge in [0.15, 0.2) is 0 Å². The van der Waals surface area contributed by atoms with Crippen LogP contribution < -0.4 is 10.6 Å². The van der Waals surface area contributed by atoms with Crippen LogP contribution in [0.25, 0.3) is 0 Å². The number of hydrogen-bond acceptors (Lipinski definition) is 3. The Labute approximate surface area is 129 Å². The van der Waals surface area contributed by atoms with Crippen molar-refractivity contribution in [2.75, 3.05) is 6.54 Å². The van der Waals surface area contributed by atoms with E-state index < -0.39 is 11.6 Å². The van der Waals surface area contributed by atoms with Crippen LogP contribution in [0.5, 0.6) is 0 Å². The lowest BCUT2D eigenvalue weighted by Gasteiger charge is -2.20. The smallest absolute Gasteiger partial charge is 0.325 e. The highest BCUT2D eigenvalue weighted by atomic mass is 16.2. The summed E-state index contributed by atoms with van der Waals surface area (Å²) < 4.78 is 0. The van der Waals surface area contributed by atoms with Crippen molar-refractivity contribution in [3.05, 3.63) is 35.9 Å². The van der Waals surface area contributed by atoms with Crippen LogP contribution in [-0.4, -0.2) is 34.8 Å². The summed E-state index contributed by atoms with van der Waals surface area (Å²) in [4.78, 5) is 37.1. The fourth-order valence-corrected chi connectivity index (χ4v) is 2.56. The standard InChI is InChI=1S/C16H21N3O3/c1-3-9-16(2)14(21)19(15(22)18-16)11-13(20)17-10-12-7-5-4-6-8-12/h4-8H,3,9-11H2,1-2H3,(H,17,20)(H,18,22). The fraction of sp³-hybridized carbons (Fsp3) is 0.438. The second kappa shape index (κ2) is 6.60. The number of carbonyl (C=O) groups is 3. The topological polar surface area (TPSA) is 78.5 Å². The van der Waals surface area contributed by atoms with Gasteiger partial charge in [0.05, 0.1) is 0 Å². The lowest BCUT2D eigenvalue weighted by atomic mass is 9.96. The molecule has 1 heterocycles. The quantitative estimate of drug-likeness (QED) is 0.780. The van der Waals surface area contributed by atoms with Crippen LogP contribution in [0.3, 0.4) is 0 Å². The van der Waals surface area contributed by atoms with Crippen molar-refractivity contribution >= 4 is 17.8 Å². The molecule has 1 aliphatic heterocycles. The number of urea groups is 1. The number of nitrogens with zero attached hydrogens (tertiary/aromatic N) is 1.